The summed E-state index contributed by atoms with van der Waals surface area (Å²) in [6.45, 7) is 13.5. The van der Waals surface area contributed by atoms with Crippen LogP contribution in [0.15, 0.2) is 0 Å². The Kier molecular flexibility index (Phi) is 12.7. The lowest BCUT2D eigenvalue weighted by Gasteiger charge is -2.31. The zero-order chi connectivity index (χ0) is 16.3. The van der Waals surface area contributed by atoms with Gasteiger partial charge in [-0.25, -0.2) is 0 Å². The van der Waals surface area contributed by atoms with E-state index in [4.69, 9.17) is 14.6 Å². The molecule has 0 aromatic rings. The molecule has 0 aliphatic rings. The number of hydrogen-bond donors (Lipinski definition) is 2. The predicted molar refractivity (Wildman–Crippen MR) is 83.8 cm³/mol. The van der Waals surface area contributed by atoms with Crippen molar-refractivity contribution in [2.24, 2.45) is 23.7 Å². The zero-order valence-corrected chi connectivity index (χ0v) is 14.6. The molecular formula is C16H36O4. The summed E-state index contributed by atoms with van der Waals surface area (Å²) in [7, 11) is 3.33. The largest absolute Gasteiger partial charge is 0.396 e. The summed E-state index contributed by atoms with van der Waals surface area (Å²) in [6, 6.07) is 0. The third kappa shape index (κ3) is 10.6. The van der Waals surface area contributed by atoms with Gasteiger partial charge in [0.25, 0.3) is 0 Å². The van der Waals surface area contributed by atoms with Gasteiger partial charge in [0.05, 0.1) is 18.8 Å². The van der Waals surface area contributed by atoms with Gasteiger partial charge in [-0.1, -0.05) is 27.7 Å². The fourth-order valence-electron chi connectivity index (χ4n) is 2.06. The number of ether oxygens (including phenoxy) is 2. The minimum Gasteiger partial charge on any atom is -0.396 e. The summed E-state index contributed by atoms with van der Waals surface area (Å²) >= 11 is 0. The number of aliphatic hydroxyl groups is 2. The van der Waals surface area contributed by atoms with Gasteiger partial charge in [0, 0.05) is 32.7 Å². The van der Waals surface area contributed by atoms with Crippen LogP contribution in [-0.4, -0.2) is 49.9 Å². The van der Waals surface area contributed by atoms with Crippen molar-refractivity contribution in [1.82, 2.24) is 0 Å². The van der Waals surface area contributed by atoms with E-state index in [1.54, 1.807) is 14.2 Å². The van der Waals surface area contributed by atoms with E-state index in [9.17, 15) is 5.11 Å². The monoisotopic (exact) mass is 292 g/mol. The molecule has 124 valence electrons. The highest BCUT2D eigenvalue weighted by Crippen LogP contribution is 2.24. The summed E-state index contributed by atoms with van der Waals surface area (Å²) in [5.41, 5.74) is -0.635. The van der Waals surface area contributed by atoms with Crippen molar-refractivity contribution >= 4 is 0 Å². The second-order valence-electron chi connectivity index (χ2n) is 6.60. The average Bonchev–Trinajstić information content (AvgIpc) is 2.31. The predicted octanol–water partition coefficient (Wildman–Crippen LogP) is 2.57. The average molecular weight is 292 g/mol. The first-order valence-corrected chi connectivity index (χ1v) is 7.42. The molecular weight excluding hydrogens is 256 g/mol. The van der Waals surface area contributed by atoms with Gasteiger partial charge in [-0.15, -0.1) is 0 Å². The van der Waals surface area contributed by atoms with Crippen LogP contribution in [-0.2, 0) is 9.47 Å². The van der Waals surface area contributed by atoms with Crippen LogP contribution in [0.4, 0.5) is 0 Å². The molecule has 0 saturated carbocycles. The maximum absolute atomic E-state index is 9.70. The molecule has 4 heteroatoms. The van der Waals surface area contributed by atoms with Gasteiger partial charge in [0.15, 0.2) is 0 Å². The van der Waals surface area contributed by atoms with Crippen LogP contribution in [0.3, 0.4) is 0 Å². The Labute approximate surface area is 125 Å². The third-order valence-corrected chi connectivity index (χ3v) is 3.62. The van der Waals surface area contributed by atoms with E-state index in [0.29, 0.717) is 31.0 Å². The second-order valence-corrected chi connectivity index (χ2v) is 6.60. The molecule has 0 saturated heterocycles. The lowest BCUT2D eigenvalue weighted by molar-refractivity contribution is -0.0386. The van der Waals surface area contributed by atoms with Crippen LogP contribution in [0.1, 0.15) is 41.5 Å². The fourth-order valence-corrected chi connectivity index (χ4v) is 2.06. The maximum atomic E-state index is 9.70. The number of methoxy groups -OCH3 is 2. The number of hydrogen-bond acceptors (Lipinski definition) is 4. The molecule has 4 nitrogen and oxygen atoms in total. The molecule has 20 heavy (non-hydrogen) atoms. The van der Waals surface area contributed by atoms with Gasteiger partial charge in [-0.05, 0) is 25.7 Å². The van der Waals surface area contributed by atoms with E-state index in [2.05, 4.69) is 27.7 Å². The third-order valence-electron chi connectivity index (χ3n) is 3.62. The van der Waals surface area contributed by atoms with Gasteiger partial charge in [-0.3, -0.25) is 0 Å². The number of rotatable bonds is 8. The van der Waals surface area contributed by atoms with Crippen molar-refractivity contribution in [3.8, 4) is 0 Å². The van der Waals surface area contributed by atoms with E-state index >= 15 is 0 Å². The van der Waals surface area contributed by atoms with Crippen LogP contribution in [0.2, 0.25) is 0 Å². The Morgan fingerprint density at radius 2 is 1.35 bits per heavy atom. The quantitative estimate of drug-likeness (QED) is 0.722. The molecule has 0 aliphatic heterocycles. The summed E-state index contributed by atoms with van der Waals surface area (Å²) in [4.78, 5) is 0. The normalized spacial score (nSPS) is 15.0. The molecule has 2 N–H and O–H groups in total. The molecule has 0 bridgehead atoms. The van der Waals surface area contributed by atoms with Crippen molar-refractivity contribution in [2.45, 2.75) is 47.1 Å². The molecule has 0 aromatic heterocycles. The summed E-state index contributed by atoms with van der Waals surface area (Å²) in [5.74, 6) is 1.48. The van der Waals surface area contributed by atoms with Gasteiger partial charge in [0.1, 0.15) is 0 Å². The van der Waals surface area contributed by atoms with Crippen LogP contribution < -0.4 is 0 Å². The topological polar surface area (TPSA) is 58.9 Å². The van der Waals surface area contributed by atoms with E-state index in [0.717, 1.165) is 0 Å². The van der Waals surface area contributed by atoms with Gasteiger partial charge in [0.2, 0.25) is 0 Å². The minimum atomic E-state index is -0.635. The molecule has 0 amide bonds. The minimum absolute atomic E-state index is 0.215. The standard InChI is InChI=1S/C9H20O2.C7H16O2/c1-7(2)8(6-11-5)9(3,4)10;1-6(2)7(4-8)5-9-3/h7-8,10H,6H2,1-5H3;6-8H,4-5H2,1-3H3. The van der Waals surface area contributed by atoms with Crippen LogP contribution in [0.25, 0.3) is 0 Å². The second kappa shape index (κ2) is 11.5. The van der Waals surface area contributed by atoms with Crippen molar-refractivity contribution in [2.75, 3.05) is 34.0 Å². The summed E-state index contributed by atoms with van der Waals surface area (Å²) < 4.78 is 9.93. The van der Waals surface area contributed by atoms with Crippen LogP contribution >= 0.6 is 0 Å². The molecule has 0 fully saturated rings. The Bertz CT molecular complexity index is 209. The Morgan fingerprint density at radius 1 is 0.900 bits per heavy atom. The first-order chi connectivity index (χ1) is 9.11. The molecule has 2 unspecified atom stereocenters. The molecule has 0 heterocycles. The molecule has 0 aromatic carbocycles. The van der Waals surface area contributed by atoms with E-state index in [1.807, 2.05) is 13.8 Å². The molecule has 2 atom stereocenters. The van der Waals surface area contributed by atoms with E-state index < -0.39 is 5.60 Å². The van der Waals surface area contributed by atoms with Gasteiger partial charge < -0.3 is 19.7 Å². The first-order valence-electron chi connectivity index (χ1n) is 7.42. The molecule has 0 rings (SSSR count). The fraction of sp³-hybridized carbons (Fsp3) is 1.00. The van der Waals surface area contributed by atoms with Crippen LogP contribution in [0.5, 0.6) is 0 Å². The summed E-state index contributed by atoms with van der Waals surface area (Å²) in [6.07, 6.45) is 0. The highest BCUT2D eigenvalue weighted by Gasteiger charge is 2.29. The Balaban J connectivity index is 0. The lowest BCUT2D eigenvalue weighted by atomic mass is 9.83. The highest BCUT2D eigenvalue weighted by molar-refractivity contribution is 4.79. The maximum Gasteiger partial charge on any atom is 0.0644 e. The zero-order valence-electron chi connectivity index (χ0n) is 14.6. The van der Waals surface area contributed by atoms with Crippen molar-refractivity contribution in [1.29, 1.82) is 0 Å². The Morgan fingerprint density at radius 3 is 1.45 bits per heavy atom. The van der Waals surface area contributed by atoms with Crippen molar-refractivity contribution < 1.29 is 19.7 Å². The lowest BCUT2D eigenvalue weighted by Crippen LogP contribution is -2.37. The van der Waals surface area contributed by atoms with Gasteiger partial charge >= 0.3 is 0 Å². The van der Waals surface area contributed by atoms with E-state index in [-0.39, 0.29) is 12.5 Å². The van der Waals surface area contributed by atoms with Crippen molar-refractivity contribution in [3.63, 3.8) is 0 Å². The SMILES string of the molecule is COCC(C(C)C)C(C)(C)O.COCC(CO)C(C)C. The molecule has 0 radical (unpaired) electrons. The van der Waals surface area contributed by atoms with Crippen molar-refractivity contribution in [3.05, 3.63) is 0 Å². The van der Waals surface area contributed by atoms with E-state index in [1.165, 1.54) is 0 Å². The molecule has 0 spiro atoms. The highest BCUT2D eigenvalue weighted by atomic mass is 16.5. The van der Waals surface area contributed by atoms with Gasteiger partial charge in [-0.2, -0.15) is 0 Å². The Hall–Kier alpha value is -0.160. The number of aliphatic hydroxyl groups excluding tert-OH is 1. The first kappa shape index (κ1) is 22.1. The van der Waals surface area contributed by atoms with Crippen LogP contribution in [0, 0.1) is 23.7 Å². The smallest absolute Gasteiger partial charge is 0.0644 e. The summed E-state index contributed by atoms with van der Waals surface area (Å²) in [5, 5.41) is 18.4. The molecule has 0 aliphatic carbocycles.